The molecule has 72 valence electrons. The third-order valence-electron chi connectivity index (χ3n) is 1.39. The molecule has 0 spiro atoms. The summed E-state index contributed by atoms with van der Waals surface area (Å²) >= 11 is 0. The Balaban J connectivity index is 2.84. The number of amides is 1. The Labute approximate surface area is 79.9 Å². The van der Waals surface area contributed by atoms with E-state index in [0.29, 0.717) is 11.4 Å². The zero-order valence-corrected chi connectivity index (χ0v) is 7.25. The number of carbonyl (C=O) groups excluding carboxylic acids is 1. The van der Waals surface area contributed by atoms with Crippen molar-refractivity contribution in [1.82, 2.24) is 0 Å². The van der Waals surface area contributed by atoms with Gasteiger partial charge >= 0.3 is 0 Å². The van der Waals surface area contributed by atoms with Crippen molar-refractivity contribution in [2.24, 2.45) is 10.8 Å². The molecule has 0 saturated carbocycles. The summed E-state index contributed by atoms with van der Waals surface area (Å²) in [4.78, 5) is 13.1. The van der Waals surface area contributed by atoms with Crippen molar-refractivity contribution in [3.05, 3.63) is 34.7 Å². The largest absolute Gasteiger partial charge is 0.483 e. The van der Waals surface area contributed by atoms with E-state index in [0.717, 1.165) is 0 Å². The lowest BCUT2D eigenvalue weighted by Crippen LogP contribution is -2.19. The fourth-order valence-electron chi connectivity index (χ4n) is 0.859. The molecule has 0 atom stereocenters. The van der Waals surface area contributed by atoms with Gasteiger partial charge in [-0.25, -0.2) is 0 Å². The summed E-state index contributed by atoms with van der Waals surface area (Å²) in [5.41, 5.74) is 13.5. The summed E-state index contributed by atoms with van der Waals surface area (Å²) < 4.78 is 5.01. The number of rotatable bonds is 4. The molecule has 0 radical (unpaired) electrons. The van der Waals surface area contributed by atoms with Gasteiger partial charge in [0.25, 0.3) is 5.91 Å². The van der Waals surface area contributed by atoms with Gasteiger partial charge in [-0.2, -0.15) is 0 Å². The molecule has 0 bridgehead atoms. The first-order valence-electron chi connectivity index (χ1n) is 3.79. The minimum Gasteiger partial charge on any atom is -0.483 e. The first kappa shape index (κ1) is 9.88. The molecule has 0 aliphatic rings. The molecule has 1 amide bonds. The number of primary amides is 1. The third-order valence-corrected chi connectivity index (χ3v) is 1.39. The molecular formula is C8H8N4O2. The smallest absolute Gasteiger partial charge is 0.255 e. The molecular weight excluding hydrogens is 184 g/mol. The Morgan fingerprint density at radius 1 is 1.57 bits per heavy atom. The Hall–Kier alpha value is -2.20. The first-order valence-corrected chi connectivity index (χ1v) is 3.79. The number of benzene rings is 1. The molecule has 0 aromatic heterocycles. The van der Waals surface area contributed by atoms with Gasteiger partial charge in [-0.15, -0.1) is 0 Å². The number of ether oxygens (including phenoxy) is 1. The summed E-state index contributed by atoms with van der Waals surface area (Å²) in [6, 6.07) is 6.57. The molecule has 1 aromatic carbocycles. The molecule has 0 saturated heterocycles. The average molecular weight is 192 g/mol. The van der Waals surface area contributed by atoms with Crippen LogP contribution < -0.4 is 10.5 Å². The number of azide groups is 1. The van der Waals surface area contributed by atoms with Gasteiger partial charge in [0.05, 0.1) is 5.69 Å². The average Bonchev–Trinajstić information content (AvgIpc) is 2.17. The van der Waals surface area contributed by atoms with Crippen LogP contribution in [0.2, 0.25) is 0 Å². The number of hydrogen-bond acceptors (Lipinski definition) is 3. The minimum atomic E-state index is -0.583. The fraction of sp³-hybridized carbons (Fsp3) is 0.125. The van der Waals surface area contributed by atoms with Crippen molar-refractivity contribution >= 4 is 11.6 Å². The van der Waals surface area contributed by atoms with Crippen LogP contribution in [0.4, 0.5) is 5.69 Å². The Kier molecular flexibility index (Phi) is 3.34. The van der Waals surface area contributed by atoms with Crippen LogP contribution in [0.5, 0.6) is 5.75 Å². The van der Waals surface area contributed by atoms with Crippen LogP contribution in [-0.2, 0) is 4.79 Å². The van der Waals surface area contributed by atoms with E-state index in [4.69, 9.17) is 16.0 Å². The van der Waals surface area contributed by atoms with Crippen LogP contribution in [-0.4, -0.2) is 12.5 Å². The van der Waals surface area contributed by atoms with E-state index < -0.39 is 5.91 Å². The van der Waals surface area contributed by atoms with Gasteiger partial charge in [-0.3, -0.25) is 4.79 Å². The predicted octanol–water partition coefficient (Wildman–Crippen LogP) is 1.49. The van der Waals surface area contributed by atoms with Crippen LogP contribution in [0, 0.1) is 0 Å². The van der Waals surface area contributed by atoms with E-state index in [1.807, 2.05) is 0 Å². The number of hydrogen-bond donors (Lipinski definition) is 1. The highest BCUT2D eigenvalue weighted by atomic mass is 16.5. The summed E-state index contributed by atoms with van der Waals surface area (Å²) in [6.45, 7) is -0.238. The van der Waals surface area contributed by atoms with Crippen molar-refractivity contribution in [3.8, 4) is 5.75 Å². The van der Waals surface area contributed by atoms with Crippen molar-refractivity contribution in [2.45, 2.75) is 0 Å². The molecule has 6 heteroatoms. The highest BCUT2D eigenvalue weighted by Gasteiger charge is 2.01. The van der Waals surface area contributed by atoms with E-state index in [1.54, 1.807) is 24.3 Å². The molecule has 2 N–H and O–H groups in total. The molecule has 0 aliphatic heterocycles. The quantitative estimate of drug-likeness (QED) is 0.443. The second-order valence-corrected chi connectivity index (χ2v) is 2.41. The van der Waals surface area contributed by atoms with E-state index in [2.05, 4.69) is 10.0 Å². The van der Waals surface area contributed by atoms with Gasteiger partial charge in [0.15, 0.2) is 6.61 Å². The maximum absolute atomic E-state index is 10.4. The Bertz CT molecular complexity index is 385. The monoisotopic (exact) mass is 192 g/mol. The first-order chi connectivity index (χ1) is 6.74. The molecule has 0 fully saturated rings. The van der Waals surface area contributed by atoms with Gasteiger partial charge in [0, 0.05) is 4.91 Å². The standard InChI is InChI=1S/C8H8N4O2/c9-8(13)5-14-7-4-2-1-3-6(7)11-12-10/h1-4H,5H2,(H2,9,13). The number of para-hydroxylation sites is 1. The van der Waals surface area contributed by atoms with E-state index in [1.165, 1.54) is 0 Å². The lowest BCUT2D eigenvalue weighted by Gasteiger charge is -2.05. The van der Waals surface area contributed by atoms with Crippen LogP contribution in [0.1, 0.15) is 0 Å². The second kappa shape index (κ2) is 4.74. The Morgan fingerprint density at radius 2 is 2.29 bits per heavy atom. The number of carbonyl (C=O) groups is 1. The SMILES string of the molecule is [N-]=[N+]=Nc1ccccc1OCC(N)=O. The molecule has 0 aliphatic carbocycles. The lowest BCUT2D eigenvalue weighted by molar-refractivity contribution is -0.119. The third kappa shape index (κ3) is 2.69. The fourth-order valence-corrected chi connectivity index (χ4v) is 0.859. The second-order valence-electron chi connectivity index (χ2n) is 2.41. The molecule has 0 unspecified atom stereocenters. The molecule has 6 nitrogen and oxygen atoms in total. The summed E-state index contributed by atoms with van der Waals surface area (Å²) in [5, 5.41) is 3.39. The highest BCUT2D eigenvalue weighted by Crippen LogP contribution is 2.26. The van der Waals surface area contributed by atoms with E-state index >= 15 is 0 Å². The normalized spacial score (nSPS) is 8.86. The van der Waals surface area contributed by atoms with Crippen LogP contribution in [0.3, 0.4) is 0 Å². The summed E-state index contributed by atoms with van der Waals surface area (Å²) in [7, 11) is 0. The molecule has 0 heterocycles. The molecule has 1 rings (SSSR count). The van der Waals surface area contributed by atoms with Crippen LogP contribution >= 0.6 is 0 Å². The van der Waals surface area contributed by atoms with Crippen LogP contribution in [0.25, 0.3) is 10.4 Å². The number of nitrogens with two attached hydrogens (primary N) is 1. The van der Waals surface area contributed by atoms with Crippen LogP contribution in [0.15, 0.2) is 29.4 Å². The van der Waals surface area contributed by atoms with Gasteiger partial charge in [-0.1, -0.05) is 17.2 Å². The van der Waals surface area contributed by atoms with Gasteiger partial charge < -0.3 is 10.5 Å². The maximum Gasteiger partial charge on any atom is 0.255 e. The Morgan fingerprint density at radius 3 is 2.93 bits per heavy atom. The molecule has 1 aromatic rings. The summed E-state index contributed by atoms with van der Waals surface area (Å²) in [6.07, 6.45) is 0. The minimum absolute atomic E-state index is 0.238. The number of nitrogens with zero attached hydrogens (tertiary/aromatic N) is 3. The zero-order valence-electron chi connectivity index (χ0n) is 7.25. The van der Waals surface area contributed by atoms with Crippen molar-refractivity contribution in [2.75, 3.05) is 6.61 Å². The zero-order chi connectivity index (χ0) is 10.4. The topological polar surface area (TPSA) is 101 Å². The van der Waals surface area contributed by atoms with Gasteiger partial charge in [-0.05, 0) is 17.7 Å². The van der Waals surface area contributed by atoms with Gasteiger partial charge in [0.1, 0.15) is 5.75 Å². The summed E-state index contributed by atoms with van der Waals surface area (Å²) in [5.74, 6) is -0.246. The maximum atomic E-state index is 10.4. The van der Waals surface area contributed by atoms with Gasteiger partial charge in [0.2, 0.25) is 0 Å². The van der Waals surface area contributed by atoms with Crippen molar-refractivity contribution in [1.29, 1.82) is 0 Å². The van der Waals surface area contributed by atoms with Crippen molar-refractivity contribution in [3.63, 3.8) is 0 Å². The lowest BCUT2D eigenvalue weighted by atomic mass is 10.3. The highest BCUT2D eigenvalue weighted by molar-refractivity contribution is 5.75. The molecule has 14 heavy (non-hydrogen) atoms. The van der Waals surface area contributed by atoms with E-state index in [9.17, 15) is 4.79 Å². The predicted molar refractivity (Wildman–Crippen MR) is 49.9 cm³/mol. The van der Waals surface area contributed by atoms with Crippen molar-refractivity contribution < 1.29 is 9.53 Å². The van der Waals surface area contributed by atoms with E-state index in [-0.39, 0.29) is 6.61 Å².